The Morgan fingerprint density at radius 3 is 2.68 bits per heavy atom. The molecule has 19 heavy (non-hydrogen) atoms. The van der Waals surface area contributed by atoms with Crippen LogP contribution in [0.25, 0.3) is 11.0 Å². The summed E-state index contributed by atoms with van der Waals surface area (Å²) in [6, 6.07) is 0. The van der Waals surface area contributed by atoms with Gasteiger partial charge in [0.15, 0.2) is 10.8 Å². The summed E-state index contributed by atoms with van der Waals surface area (Å²) in [6.45, 7) is 0.926. The number of aryl methyl sites for hydroxylation is 1. The Bertz CT molecular complexity index is 544. The lowest BCUT2D eigenvalue weighted by atomic mass is 10.2. The first-order valence-electron chi connectivity index (χ1n) is 6.17. The molecule has 0 atom stereocenters. The van der Waals surface area contributed by atoms with Crippen molar-refractivity contribution in [3.63, 3.8) is 0 Å². The fourth-order valence-corrected chi connectivity index (χ4v) is 3.21. The lowest BCUT2D eigenvalue weighted by molar-refractivity contribution is 0.564. The lowest BCUT2D eigenvalue weighted by Gasteiger charge is -2.05. The van der Waals surface area contributed by atoms with Crippen LogP contribution in [0.1, 0.15) is 19.3 Å². The Kier molecular flexibility index (Phi) is 5.97. The summed E-state index contributed by atoms with van der Waals surface area (Å²) in [5.74, 6) is 0. The van der Waals surface area contributed by atoms with Crippen LogP contribution in [0.2, 0.25) is 0 Å². The molecule has 0 fully saturated rings. The van der Waals surface area contributed by atoms with E-state index >= 15 is 0 Å². The topological polar surface area (TPSA) is 43.6 Å². The number of unbranched alkanes of at least 4 members (excludes halogenated alkanes) is 2. The first-order chi connectivity index (χ1) is 9.30. The molecule has 2 aromatic heterocycles. The SMILES string of the molecule is CSc1nc(SC)c2cnn(CCCCCBr)c2n1. The van der Waals surface area contributed by atoms with Gasteiger partial charge in [0.25, 0.3) is 0 Å². The zero-order valence-electron chi connectivity index (χ0n) is 11.1. The highest BCUT2D eigenvalue weighted by Gasteiger charge is 2.11. The molecule has 0 aliphatic carbocycles. The Morgan fingerprint density at radius 1 is 1.16 bits per heavy atom. The van der Waals surface area contributed by atoms with Crippen LogP contribution in [-0.4, -0.2) is 37.6 Å². The maximum atomic E-state index is 4.59. The van der Waals surface area contributed by atoms with Gasteiger partial charge >= 0.3 is 0 Å². The molecule has 4 nitrogen and oxygen atoms in total. The summed E-state index contributed by atoms with van der Waals surface area (Å²) >= 11 is 6.68. The van der Waals surface area contributed by atoms with Gasteiger partial charge in [-0.25, -0.2) is 14.6 Å². The summed E-state index contributed by atoms with van der Waals surface area (Å²) in [5.41, 5.74) is 0.961. The zero-order valence-corrected chi connectivity index (χ0v) is 14.3. The van der Waals surface area contributed by atoms with Crippen LogP contribution >= 0.6 is 39.5 Å². The molecular weight excluding hydrogens is 344 g/mol. The number of nitrogens with zero attached hydrogens (tertiary/aromatic N) is 4. The molecule has 0 saturated carbocycles. The van der Waals surface area contributed by atoms with Crippen molar-refractivity contribution in [1.29, 1.82) is 0 Å². The molecule has 7 heteroatoms. The number of rotatable bonds is 7. The van der Waals surface area contributed by atoms with Crippen molar-refractivity contribution in [1.82, 2.24) is 19.7 Å². The minimum absolute atomic E-state index is 0.819. The molecule has 2 rings (SSSR count). The third-order valence-electron chi connectivity index (χ3n) is 2.82. The van der Waals surface area contributed by atoms with Crippen molar-refractivity contribution in [3.8, 4) is 0 Å². The van der Waals surface area contributed by atoms with Gasteiger partial charge in [0.1, 0.15) is 5.03 Å². The van der Waals surface area contributed by atoms with E-state index in [0.29, 0.717) is 0 Å². The monoisotopic (exact) mass is 360 g/mol. The van der Waals surface area contributed by atoms with Gasteiger partial charge in [-0.3, -0.25) is 0 Å². The molecule has 0 N–H and O–H groups in total. The molecule has 2 heterocycles. The van der Waals surface area contributed by atoms with E-state index in [4.69, 9.17) is 0 Å². The quantitative estimate of drug-likeness (QED) is 0.247. The van der Waals surface area contributed by atoms with Gasteiger partial charge in [-0.15, -0.1) is 11.8 Å². The lowest BCUT2D eigenvalue weighted by Crippen LogP contribution is -2.02. The van der Waals surface area contributed by atoms with Crippen LogP contribution in [0.15, 0.2) is 16.4 Å². The number of thioether (sulfide) groups is 2. The van der Waals surface area contributed by atoms with Crippen LogP contribution in [0, 0.1) is 0 Å². The van der Waals surface area contributed by atoms with Crippen LogP contribution in [0.5, 0.6) is 0 Å². The first-order valence-corrected chi connectivity index (χ1v) is 9.74. The molecule has 0 saturated heterocycles. The smallest absolute Gasteiger partial charge is 0.190 e. The van der Waals surface area contributed by atoms with E-state index in [0.717, 1.165) is 39.5 Å². The fraction of sp³-hybridized carbons (Fsp3) is 0.583. The predicted octanol–water partition coefficient (Wildman–Crippen LogP) is 3.84. The van der Waals surface area contributed by atoms with E-state index in [2.05, 4.69) is 31.0 Å². The van der Waals surface area contributed by atoms with E-state index < -0.39 is 0 Å². The van der Waals surface area contributed by atoms with Crippen molar-refractivity contribution in [2.75, 3.05) is 17.8 Å². The van der Waals surface area contributed by atoms with Crippen molar-refractivity contribution in [3.05, 3.63) is 6.20 Å². The number of hydrogen-bond donors (Lipinski definition) is 0. The van der Waals surface area contributed by atoms with E-state index in [1.54, 1.807) is 23.5 Å². The summed E-state index contributed by atoms with van der Waals surface area (Å²) in [6.07, 6.45) is 9.48. The average molecular weight is 361 g/mol. The zero-order chi connectivity index (χ0) is 13.7. The Hall–Kier alpha value is -0.270. The number of fused-ring (bicyclic) bond motifs is 1. The molecule has 2 aromatic rings. The number of aromatic nitrogens is 4. The fourth-order valence-electron chi connectivity index (χ4n) is 1.85. The van der Waals surface area contributed by atoms with E-state index in [9.17, 15) is 0 Å². The van der Waals surface area contributed by atoms with Crippen molar-refractivity contribution < 1.29 is 0 Å². The van der Waals surface area contributed by atoms with Crippen LogP contribution in [0.4, 0.5) is 0 Å². The number of halogens is 1. The van der Waals surface area contributed by atoms with Gasteiger partial charge in [-0.1, -0.05) is 34.1 Å². The van der Waals surface area contributed by atoms with Gasteiger partial charge < -0.3 is 0 Å². The maximum Gasteiger partial charge on any atom is 0.190 e. The average Bonchev–Trinajstić information content (AvgIpc) is 2.85. The molecule has 0 aromatic carbocycles. The number of alkyl halides is 1. The first kappa shape index (κ1) is 15.1. The van der Waals surface area contributed by atoms with Crippen molar-refractivity contribution >= 4 is 50.5 Å². The molecular formula is C12H17BrN4S2. The largest absolute Gasteiger partial charge is 0.247 e. The standard InChI is InChI=1S/C12H17BrN4S2/c1-18-11-9-8-14-17(7-5-3-4-6-13)10(9)15-12(16-11)19-2/h8H,3-7H2,1-2H3. The van der Waals surface area contributed by atoms with E-state index in [1.165, 1.54) is 12.8 Å². The highest BCUT2D eigenvalue weighted by Crippen LogP contribution is 2.25. The van der Waals surface area contributed by atoms with Crippen LogP contribution in [0.3, 0.4) is 0 Å². The molecule has 0 aliphatic rings. The van der Waals surface area contributed by atoms with Crippen molar-refractivity contribution in [2.24, 2.45) is 0 Å². The molecule has 0 spiro atoms. The summed E-state index contributed by atoms with van der Waals surface area (Å²) in [5, 5.41) is 8.42. The van der Waals surface area contributed by atoms with Crippen molar-refractivity contribution in [2.45, 2.75) is 36.0 Å². The van der Waals surface area contributed by atoms with Gasteiger partial charge in [0.2, 0.25) is 0 Å². The summed E-state index contributed by atoms with van der Waals surface area (Å²) in [7, 11) is 0. The number of hydrogen-bond acceptors (Lipinski definition) is 5. The van der Waals surface area contributed by atoms with Gasteiger partial charge in [0.05, 0.1) is 11.6 Å². The van der Waals surface area contributed by atoms with E-state index in [1.807, 2.05) is 23.4 Å². The predicted molar refractivity (Wildman–Crippen MR) is 86.5 cm³/mol. The molecule has 0 unspecified atom stereocenters. The third kappa shape index (κ3) is 3.64. The van der Waals surface area contributed by atoms with Gasteiger partial charge in [-0.2, -0.15) is 5.10 Å². The summed E-state index contributed by atoms with van der Waals surface area (Å²) < 4.78 is 2.00. The highest BCUT2D eigenvalue weighted by molar-refractivity contribution is 9.09. The Morgan fingerprint density at radius 2 is 2.00 bits per heavy atom. The molecule has 0 radical (unpaired) electrons. The second-order valence-corrected chi connectivity index (χ2v) is 6.44. The second kappa shape index (κ2) is 7.50. The molecule has 0 aliphatic heterocycles. The molecule has 0 amide bonds. The minimum atomic E-state index is 0.819. The Balaban J connectivity index is 2.25. The minimum Gasteiger partial charge on any atom is -0.247 e. The third-order valence-corrected chi connectivity index (χ3v) is 4.63. The second-order valence-electron chi connectivity index (χ2n) is 4.07. The normalized spacial score (nSPS) is 11.3. The molecule has 104 valence electrons. The van der Waals surface area contributed by atoms with Crippen LogP contribution < -0.4 is 0 Å². The Labute approximate surface area is 130 Å². The summed E-state index contributed by atoms with van der Waals surface area (Å²) in [4.78, 5) is 9.11. The molecule has 0 bridgehead atoms. The van der Waals surface area contributed by atoms with Gasteiger partial charge in [0, 0.05) is 11.9 Å². The highest BCUT2D eigenvalue weighted by atomic mass is 79.9. The van der Waals surface area contributed by atoms with E-state index in [-0.39, 0.29) is 0 Å². The van der Waals surface area contributed by atoms with Crippen LogP contribution in [-0.2, 0) is 6.54 Å². The maximum absolute atomic E-state index is 4.59. The van der Waals surface area contributed by atoms with Gasteiger partial charge in [-0.05, 0) is 25.4 Å².